The molecule has 3 rings (SSSR count). The molecule has 0 unspecified atom stereocenters. The van der Waals surface area contributed by atoms with Gasteiger partial charge in [-0.3, -0.25) is 0 Å². The average molecular weight is 275 g/mol. The van der Waals surface area contributed by atoms with Crippen molar-refractivity contribution in [1.29, 1.82) is 0 Å². The van der Waals surface area contributed by atoms with Gasteiger partial charge in [0.25, 0.3) is 0 Å². The fraction of sp³-hybridized carbons (Fsp3) is 0.571. The Hall–Kier alpha value is -1.66. The zero-order valence-electron chi connectivity index (χ0n) is 11.8. The van der Waals surface area contributed by atoms with Crippen molar-refractivity contribution in [2.75, 3.05) is 31.6 Å². The van der Waals surface area contributed by atoms with Crippen LogP contribution in [0, 0.1) is 6.92 Å². The SMILES string of the molecule is Cc1cc(NCCN)n2nc(C3CCOCC3)cc2n1. The van der Waals surface area contributed by atoms with Crippen LogP contribution in [0.4, 0.5) is 5.82 Å². The smallest absolute Gasteiger partial charge is 0.157 e. The topological polar surface area (TPSA) is 77.5 Å². The quantitative estimate of drug-likeness (QED) is 0.879. The number of hydrogen-bond acceptors (Lipinski definition) is 5. The lowest BCUT2D eigenvalue weighted by molar-refractivity contribution is 0.0844. The highest BCUT2D eigenvalue weighted by Crippen LogP contribution is 2.27. The molecule has 0 aromatic carbocycles. The Labute approximate surface area is 118 Å². The van der Waals surface area contributed by atoms with Gasteiger partial charge in [0.2, 0.25) is 0 Å². The van der Waals surface area contributed by atoms with Crippen LogP contribution in [0.1, 0.15) is 30.1 Å². The van der Waals surface area contributed by atoms with Gasteiger partial charge in [-0.2, -0.15) is 9.61 Å². The molecule has 108 valence electrons. The molecule has 3 N–H and O–H groups in total. The number of ether oxygens (including phenoxy) is 1. The minimum Gasteiger partial charge on any atom is -0.381 e. The van der Waals surface area contributed by atoms with Crippen molar-refractivity contribution in [2.45, 2.75) is 25.7 Å². The third-order valence-electron chi connectivity index (χ3n) is 3.66. The molecule has 0 aliphatic carbocycles. The van der Waals surface area contributed by atoms with E-state index in [2.05, 4.69) is 16.4 Å². The van der Waals surface area contributed by atoms with E-state index in [1.807, 2.05) is 17.5 Å². The fourth-order valence-corrected chi connectivity index (χ4v) is 2.64. The highest BCUT2D eigenvalue weighted by Gasteiger charge is 2.20. The number of nitrogens with one attached hydrogen (secondary N) is 1. The number of nitrogens with zero attached hydrogens (tertiary/aromatic N) is 3. The number of fused-ring (bicyclic) bond motifs is 1. The van der Waals surface area contributed by atoms with Crippen LogP contribution in [0.15, 0.2) is 12.1 Å². The van der Waals surface area contributed by atoms with E-state index >= 15 is 0 Å². The van der Waals surface area contributed by atoms with Gasteiger partial charge in [-0.05, 0) is 19.8 Å². The van der Waals surface area contributed by atoms with E-state index in [9.17, 15) is 0 Å². The van der Waals surface area contributed by atoms with Crippen molar-refractivity contribution in [1.82, 2.24) is 14.6 Å². The van der Waals surface area contributed by atoms with Gasteiger partial charge in [-0.15, -0.1) is 0 Å². The van der Waals surface area contributed by atoms with Gasteiger partial charge < -0.3 is 15.8 Å². The molecule has 1 aliphatic rings. The molecule has 1 saturated heterocycles. The molecule has 20 heavy (non-hydrogen) atoms. The van der Waals surface area contributed by atoms with Crippen LogP contribution >= 0.6 is 0 Å². The Bertz CT molecular complexity index is 589. The third kappa shape index (κ3) is 2.62. The summed E-state index contributed by atoms with van der Waals surface area (Å²) >= 11 is 0. The lowest BCUT2D eigenvalue weighted by atomic mass is 9.97. The standard InChI is InChI=1S/C14H21N5O/c1-10-8-13(16-5-4-15)19-14(17-10)9-12(18-19)11-2-6-20-7-3-11/h8-9,11,16H,2-7,15H2,1H3. The normalized spacial score (nSPS) is 16.7. The fourth-order valence-electron chi connectivity index (χ4n) is 2.64. The minimum absolute atomic E-state index is 0.480. The highest BCUT2D eigenvalue weighted by molar-refractivity contribution is 5.50. The molecule has 1 aliphatic heterocycles. The number of anilines is 1. The van der Waals surface area contributed by atoms with Gasteiger partial charge in [0.1, 0.15) is 5.82 Å². The second-order valence-corrected chi connectivity index (χ2v) is 5.22. The molecule has 0 saturated carbocycles. The number of rotatable bonds is 4. The maximum absolute atomic E-state index is 5.56. The van der Waals surface area contributed by atoms with Gasteiger partial charge in [0.05, 0.1) is 5.69 Å². The summed E-state index contributed by atoms with van der Waals surface area (Å²) in [4.78, 5) is 4.56. The summed E-state index contributed by atoms with van der Waals surface area (Å²) in [5.74, 6) is 1.43. The molecule has 2 aromatic rings. The lowest BCUT2D eigenvalue weighted by Crippen LogP contribution is -2.16. The van der Waals surface area contributed by atoms with E-state index in [0.717, 1.165) is 55.5 Å². The molecule has 0 amide bonds. The maximum Gasteiger partial charge on any atom is 0.157 e. The first-order valence-electron chi connectivity index (χ1n) is 7.17. The predicted molar refractivity (Wildman–Crippen MR) is 78.1 cm³/mol. The largest absolute Gasteiger partial charge is 0.381 e. The molecule has 6 nitrogen and oxygen atoms in total. The summed E-state index contributed by atoms with van der Waals surface area (Å²) in [6.45, 7) is 4.96. The van der Waals surface area contributed by atoms with Gasteiger partial charge in [0.15, 0.2) is 5.65 Å². The summed E-state index contributed by atoms with van der Waals surface area (Å²) in [6, 6.07) is 4.10. The van der Waals surface area contributed by atoms with Crippen molar-refractivity contribution in [2.24, 2.45) is 5.73 Å². The molecule has 0 atom stereocenters. The van der Waals surface area contributed by atoms with Crippen molar-refractivity contribution in [3.63, 3.8) is 0 Å². The molecular formula is C14H21N5O. The lowest BCUT2D eigenvalue weighted by Gasteiger charge is -2.19. The van der Waals surface area contributed by atoms with E-state index in [4.69, 9.17) is 15.6 Å². The molecule has 0 bridgehead atoms. The van der Waals surface area contributed by atoms with Crippen LogP contribution in [-0.4, -0.2) is 40.9 Å². The molecule has 0 radical (unpaired) electrons. The van der Waals surface area contributed by atoms with Crippen LogP contribution in [-0.2, 0) is 4.74 Å². The molecular weight excluding hydrogens is 254 g/mol. The molecule has 2 aromatic heterocycles. The van der Waals surface area contributed by atoms with E-state index in [0.29, 0.717) is 12.5 Å². The Balaban J connectivity index is 1.96. The van der Waals surface area contributed by atoms with Crippen molar-refractivity contribution in [3.05, 3.63) is 23.5 Å². The Morgan fingerprint density at radius 2 is 2.20 bits per heavy atom. The van der Waals surface area contributed by atoms with E-state index < -0.39 is 0 Å². The van der Waals surface area contributed by atoms with Crippen molar-refractivity contribution in [3.8, 4) is 0 Å². The molecule has 0 spiro atoms. The van der Waals surface area contributed by atoms with Gasteiger partial charge >= 0.3 is 0 Å². The minimum atomic E-state index is 0.480. The van der Waals surface area contributed by atoms with Gasteiger partial charge in [0, 0.05) is 50.0 Å². The second kappa shape index (κ2) is 5.76. The van der Waals surface area contributed by atoms with Crippen LogP contribution in [0.25, 0.3) is 5.65 Å². The number of nitrogens with two attached hydrogens (primary N) is 1. The summed E-state index contributed by atoms with van der Waals surface area (Å²) in [5.41, 5.74) is 8.55. The highest BCUT2D eigenvalue weighted by atomic mass is 16.5. The van der Waals surface area contributed by atoms with Crippen molar-refractivity contribution < 1.29 is 4.74 Å². The summed E-state index contributed by atoms with van der Waals surface area (Å²) in [5, 5.41) is 8.03. The monoisotopic (exact) mass is 275 g/mol. The maximum atomic E-state index is 5.56. The van der Waals surface area contributed by atoms with Crippen LogP contribution in [0.2, 0.25) is 0 Å². The molecule has 6 heteroatoms. The predicted octanol–water partition coefficient (Wildman–Crippen LogP) is 1.30. The number of aromatic nitrogens is 3. The molecule has 3 heterocycles. The summed E-state index contributed by atoms with van der Waals surface area (Å²) < 4.78 is 7.30. The number of hydrogen-bond donors (Lipinski definition) is 2. The van der Waals surface area contributed by atoms with Crippen LogP contribution in [0.3, 0.4) is 0 Å². The van der Waals surface area contributed by atoms with Crippen LogP contribution < -0.4 is 11.1 Å². The Morgan fingerprint density at radius 1 is 1.40 bits per heavy atom. The second-order valence-electron chi connectivity index (χ2n) is 5.22. The Morgan fingerprint density at radius 3 is 2.95 bits per heavy atom. The first-order chi connectivity index (χ1) is 9.78. The van der Waals surface area contributed by atoms with Crippen LogP contribution in [0.5, 0.6) is 0 Å². The summed E-state index contributed by atoms with van der Waals surface area (Å²) in [7, 11) is 0. The zero-order valence-corrected chi connectivity index (χ0v) is 11.8. The van der Waals surface area contributed by atoms with Gasteiger partial charge in [-0.25, -0.2) is 4.98 Å². The number of aryl methyl sites for hydroxylation is 1. The first-order valence-corrected chi connectivity index (χ1v) is 7.17. The van der Waals surface area contributed by atoms with E-state index in [-0.39, 0.29) is 0 Å². The Kier molecular flexibility index (Phi) is 3.84. The van der Waals surface area contributed by atoms with E-state index in [1.165, 1.54) is 0 Å². The van der Waals surface area contributed by atoms with E-state index in [1.54, 1.807) is 0 Å². The average Bonchev–Trinajstić information content (AvgIpc) is 2.89. The van der Waals surface area contributed by atoms with Crippen molar-refractivity contribution >= 4 is 11.5 Å². The molecule has 1 fully saturated rings. The zero-order chi connectivity index (χ0) is 13.9. The third-order valence-corrected chi connectivity index (χ3v) is 3.66. The van der Waals surface area contributed by atoms with Gasteiger partial charge in [-0.1, -0.05) is 0 Å². The first kappa shape index (κ1) is 13.3. The summed E-state index contributed by atoms with van der Waals surface area (Å²) in [6.07, 6.45) is 2.07.